The van der Waals surface area contributed by atoms with Crippen molar-refractivity contribution in [2.75, 3.05) is 5.75 Å². The molecule has 1 aromatic carbocycles. The van der Waals surface area contributed by atoms with Gasteiger partial charge >= 0.3 is 0 Å². The Hall–Kier alpha value is -0.910. The Morgan fingerprint density at radius 3 is 2.47 bits per heavy atom. The number of halogens is 1. The quantitative estimate of drug-likeness (QED) is 0.853. The van der Waals surface area contributed by atoms with E-state index in [1.807, 2.05) is 0 Å². The maximum atomic E-state index is 11.3. The van der Waals surface area contributed by atoms with Gasteiger partial charge < -0.3 is 0 Å². The summed E-state index contributed by atoms with van der Waals surface area (Å²) in [5.74, 6) is -1.12. The maximum Gasteiger partial charge on any atom is 0.216 e. The van der Waals surface area contributed by atoms with Crippen molar-refractivity contribution in [3.8, 4) is 0 Å². The molecular weight excluding hydrogens is 238 g/mol. The van der Waals surface area contributed by atoms with E-state index in [1.54, 1.807) is 24.3 Å². The van der Waals surface area contributed by atoms with Crippen molar-refractivity contribution < 1.29 is 13.2 Å². The standard InChI is InChI=1S/C9H10ClNO3S/c10-9-4-2-1-3-7(9)5-8(12)6-15(11,13)14/h1-4H,5-6H2,(H2,11,13,14). The third-order valence-corrected chi connectivity index (χ3v) is 2.80. The maximum absolute atomic E-state index is 11.3. The molecule has 0 aliphatic rings. The van der Waals surface area contributed by atoms with Crippen molar-refractivity contribution in [2.45, 2.75) is 6.42 Å². The minimum atomic E-state index is -3.75. The van der Waals surface area contributed by atoms with Gasteiger partial charge in [-0.05, 0) is 11.6 Å². The van der Waals surface area contributed by atoms with Crippen LogP contribution in [0.15, 0.2) is 24.3 Å². The van der Waals surface area contributed by atoms with Crippen LogP contribution in [0.1, 0.15) is 5.56 Å². The van der Waals surface area contributed by atoms with Crippen LogP contribution < -0.4 is 5.14 Å². The summed E-state index contributed by atoms with van der Waals surface area (Å²) in [4.78, 5) is 11.3. The largest absolute Gasteiger partial charge is 0.298 e. The topological polar surface area (TPSA) is 77.2 Å². The molecule has 0 unspecified atom stereocenters. The van der Waals surface area contributed by atoms with E-state index >= 15 is 0 Å². The van der Waals surface area contributed by atoms with Gasteiger partial charge in [-0.15, -0.1) is 0 Å². The molecule has 0 saturated heterocycles. The van der Waals surface area contributed by atoms with E-state index in [0.717, 1.165) is 0 Å². The molecule has 0 fully saturated rings. The van der Waals surface area contributed by atoms with Gasteiger partial charge in [0, 0.05) is 11.4 Å². The first-order valence-corrected chi connectivity index (χ1v) is 6.23. The number of ketones is 1. The summed E-state index contributed by atoms with van der Waals surface area (Å²) in [6.07, 6.45) is -0.0178. The summed E-state index contributed by atoms with van der Waals surface area (Å²) < 4.78 is 21.3. The summed E-state index contributed by atoms with van der Waals surface area (Å²) >= 11 is 5.81. The fourth-order valence-corrected chi connectivity index (χ4v) is 1.88. The van der Waals surface area contributed by atoms with Gasteiger partial charge in [-0.25, -0.2) is 13.6 Å². The van der Waals surface area contributed by atoms with Gasteiger partial charge in [-0.2, -0.15) is 0 Å². The smallest absolute Gasteiger partial charge is 0.216 e. The molecule has 0 aliphatic heterocycles. The van der Waals surface area contributed by atoms with Gasteiger partial charge in [0.15, 0.2) is 5.78 Å². The molecule has 1 rings (SSSR count). The van der Waals surface area contributed by atoms with E-state index in [0.29, 0.717) is 10.6 Å². The first kappa shape index (κ1) is 12.2. The third-order valence-electron chi connectivity index (χ3n) is 1.71. The molecule has 0 atom stereocenters. The SMILES string of the molecule is NS(=O)(=O)CC(=O)Cc1ccccc1Cl. The zero-order valence-electron chi connectivity index (χ0n) is 7.81. The molecule has 0 saturated carbocycles. The molecule has 82 valence electrons. The van der Waals surface area contributed by atoms with Gasteiger partial charge in [0.2, 0.25) is 10.0 Å². The van der Waals surface area contributed by atoms with Crippen molar-refractivity contribution in [2.24, 2.45) is 5.14 Å². The highest BCUT2D eigenvalue weighted by molar-refractivity contribution is 7.89. The normalized spacial score (nSPS) is 11.3. The van der Waals surface area contributed by atoms with E-state index in [1.165, 1.54) is 0 Å². The number of hydrogen-bond acceptors (Lipinski definition) is 3. The Bertz CT molecular complexity index is 470. The van der Waals surface area contributed by atoms with E-state index in [9.17, 15) is 13.2 Å². The fourth-order valence-electron chi connectivity index (χ4n) is 1.13. The Morgan fingerprint density at radius 2 is 1.93 bits per heavy atom. The molecule has 0 heterocycles. The lowest BCUT2D eigenvalue weighted by Crippen LogP contribution is -2.24. The molecule has 0 spiro atoms. The molecule has 0 aromatic heterocycles. The van der Waals surface area contributed by atoms with E-state index in [2.05, 4.69) is 0 Å². The van der Waals surface area contributed by atoms with Crippen LogP contribution >= 0.6 is 11.6 Å². The molecule has 1 aromatic rings. The lowest BCUT2D eigenvalue weighted by molar-refractivity contribution is -0.116. The van der Waals surface area contributed by atoms with Crippen molar-refractivity contribution in [3.05, 3.63) is 34.9 Å². The Balaban J connectivity index is 2.72. The number of carbonyl (C=O) groups is 1. The van der Waals surface area contributed by atoms with Crippen LogP contribution in [-0.2, 0) is 21.2 Å². The van der Waals surface area contributed by atoms with Crippen LogP contribution in [0.5, 0.6) is 0 Å². The second-order valence-electron chi connectivity index (χ2n) is 3.11. The molecule has 4 nitrogen and oxygen atoms in total. The lowest BCUT2D eigenvalue weighted by Gasteiger charge is -2.02. The number of Topliss-reactive ketones (excluding diaryl/α,β-unsaturated/α-hetero) is 1. The molecule has 15 heavy (non-hydrogen) atoms. The number of hydrogen-bond donors (Lipinski definition) is 1. The Morgan fingerprint density at radius 1 is 1.33 bits per heavy atom. The van der Waals surface area contributed by atoms with Crippen LogP contribution in [0.25, 0.3) is 0 Å². The highest BCUT2D eigenvalue weighted by atomic mass is 35.5. The predicted molar refractivity (Wildman–Crippen MR) is 58.1 cm³/mol. The van der Waals surface area contributed by atoms with E-state index in [4.69, 9.17) is 16.7 Å². The average molecular weight is 248 g/mol. The molecule has 2 N–H and O–H groups in total. The Kier molecular flexibility index (Phi) is 3.84. The fraction of sp³-hybridized carbons (Fsp3) is 0.222. The van der Waals surface area contributed by atoms with Gasteiger partial charge in [0.05, 0.1) is 0 Å². The highest BCUT2D eigenvalue weighted by Crippen LogP contribution is 2.15. The first-order valence-electron chi connectivity index (χ1n) is 4.14. The van der Waals surface area contributed by atoms with Crippen molar-refractivity contribution in [3.63, 3.8) is 0 Å². The van der Waals surface area contributed by atoms with E-state index < -0.39 is 21.6 Å². The molecule has 0 bridgehead atoms. The molecular formula is C9H10ClNO3S. The van der Waals surface area contributed by atoms with Gasteiger partial charge in [0.25, 0.3) is 0 Å². The number of nitrogens with two attached hydrogens (primary N) is 1. The minimum Gasteiger partial charge on any atom is -0.298 e. The predicted octanol–water partition coefficient (Wildman–Crippen LogP) is 0.740. The molecule has 0 radical (unpaired) electrons. The molecule has 6 heteroatoms. The molecule has 0 amide bonds. The van der Waals surface area contributed by atoms with Crippen molar-refractivity contribution >= 4 is 27.4 Å². The second kappa shape index (κ2) is 4.74. The summed E-state index contributed by atoms with van der Waals surface area (Å²) in [5, 5.41) is 5.19. The van der Waals surface area contributed by atoms with Crippen LogP contribution in [0.2, 0.25) is 5.02 Å². The minimum absolute atomic E-state index is 0.0178. The van der Waals surface area contributed by atoms with Gasteiger partial charge in [-0.3, -0.25) is 4.79 Å². The number of carbonyl (C=O) groups excluding carboxylic acids is 1. The van der Waals surface area contributed by atoms with Crippen LogP contribution in [0.3, 0.4) is 0 Å². The zero-order valence-corrected chi connectivity index (χ0v) is 9.38. The average Bonchev–Trinajstić information content (AvgIpc) is 2.05. The summed E-state index contributed by atoms with van der Waals surface area (Å²) in [5.41, 5.74) is 0.604. The third kappa shape index (κ3) is 4.42. The van der Waals surface area contributed by atoms with Crippen LogP contribution in [-0.4, -0.2) is 20.0 Å². The van der Waals surface area contributed by atoms with Crippen molar-refractivity contribution in [1.82, 2.24) is 0 Å². The second-order valence-corrected chi connectivity index (χ2v) is 5.14. The van der Waals surface area contributed by atoms with E-state index in [-0.39, 0.29) is 6.42 Å². The number of rotatable bonds is 4. The van der Waals surface area contributed by atoms with Gasteiger partial charge in [0.1, 0.15) is 5.75 Å². The van der Waals surface area contributed by atoms with Gasteiger partial charge in [-0.1, -0.05) is 29.8 Å². The zero-order chi connectivity index (χ0) is 11.5. The molecule has 0 aliphatic carbocycles. The monoisotopic (exact) mass is 247 g/mol. The Labute approximate surface area is 93.1 Å². The lowest BCUT2D eigenvalue weighted by atomic mass is 10.1. The summed E-state index contributed by atoms with van der Waals surface area (Å²) in [7, 11) is -3.75. The first-order chi connectivity index (χ1) is 6.88. The van der Waals surface area contributed by atoms with Crippen molar-refractivity contribution in [1.29, 1.82) is 0 Å². The summed E-state index contributed by atoms with van der Waals surface area (Å²) in [6, 6.07) is 6.77. The number of primary sulfonamides is 1. The van der Waals surface area contributed by atoms with Crippen LogP contribution in [0.4, 0.5) is 0 Å². The summed E-state index contributed by atoms with van der Waals surface area (Å²) in [6.45, 7) is 0. The number of sulfonamides is 1. The number of benzene rings is 1. The van der Waals surface area contributed by atoms with Crippen LogP contribution in [0, 0.1) is 0 Å². The highest BCUT2D eigenvalue weighted by Gasteiger charge is 2.13.